The van der Waals surface area contributed by atoms with Gasteiger partial charge in [-0.2, -0.15) is 0 Å². The Balaban J connectivity index is 1.94. The number of carbonyl (C=O) groups is 2. The topological polar surface area (TPSA) is 75.4 Å². The van der Waals surface area contributed by atoms with Crippen molar-refractivity contribution in [2.24, 2.45) is 11.7 Å². The van der Waals surface area contributed by atoms with Gasteiger partial charge in [0, 0.05) is 13.1 Å². The summed E-state index contributed by atoms with van der Waals surface area (Å²) in [6, 6.07) is 10.5. The zero-order chi connectivity index (χ0) is 15.9. The van der Waals surface area contributed by atoms with Crippen LogP contribution in [0, 0.1) is 5.92 Å². The van der Waals surface area contributed by atoms with Crippen LogP contribution >= 0.6 is 0 Å². The highest BCUT2D eigenvalue weighted by atomic mass is 16.2. The first-order chi connectivity index (χ1) is 10.7. The third-order valence-electron chi connectivity index (χ3n) is 4.46. The quantitative estimate of drug-likeness (QED) is 0.855. The van der Waals surface area contributed by atoms with Gasteiger partial charge < -0.3 is 16.0 Å². The van der Waals surface area contributed by atoms with E-state index in [1.165, 1.54) is 5.56 Å². The molecule has 2 atom stereocenters. The minimum Gasteiger partial charge on any atom is -0.346 e. The van der Waals surface area contributed by atoms with E-state index in [2.05, 4.69) is 36.5 Å². The van der Waals surface area contributed by atoms with Gasteiger partial charge in [-0.05, 0) is 23.8 Å². The lowest BCUT2D eigenvalue weighted by molar-refractivity contribution is -0.134. The molecule has 1 aromatic rings. The van der Waals surface area contributed by atoms with Gasteiger partial charge in [0.15, 0.2) is 0 Å². The van der Waals surface area contributed by atoms with Crippen molar-refractivity contribution >= 4 is 11.8 Å². The molecule has 1 saturated heterocycles. The van der Waals surface area contributed by atoms with Gasteiger partial charge in [0.1, 0.15) is 0 Å². The fourth-order valence-electron chi connectivity index (χ4n) is 3.17. The lowest BCUT2D eigenvalue weighted by atomic mass is 9.79. The van der Waals surface area contributed by atoms with Gasteiger partial charge in [0.2, 0.25) is 11.8 Å². The molecular formula is C17H25N3O2. The Hall–Kier alpha value is -1.88. The van der Waals surface area contributed by atoms with Crippen LogP contribution in [-0.4, -0.2) is 42.9 Å². The molecule has 0 bridgehead atoms. The Kier molecular flexibility index (Phi) is 5.95. The predicted molar refractivity (Wildman–Crippen MR) is 86.2 cm³/mol. The van der Waals surface area contributed by atoms with Crippen molar-refractivity contribution in [2.75, 3.05) is 26.2 Å². The average Bonchev–Trinajstić information content (AvgIpc) is 2.59. The minimum absolute atomic E-state index is 0.0215. The second-order valence-electron chi connectivity index (χ2n) is 5.79. The van der Waals surface area contributed by atoms with Crippen molar-refractivity contribution in [3.05, 3.63) is 35.9 Å². The zero-order valence-electron chi connectivity index (χ0n) is 13.1. The van der Waals surface area contributed by atoms with E-state index < -0.39 is 0 Å². The van der Waals surface area contributed by atoms with Gasteiger partial charge >= 0.3 is 0 Å². The third kappa shape index (κ3) is 4.07. The molecule has 0 radical (unpaired) electrons. The van der Waals surface area contributed by atoms with E-state index in [1.54, 1.807) is 0 Å². The fraction of sp³-hybridized carbons (Fsp3) is 0.529. The van der Waals surface area contributed by atoms with Crippen LogP contribution in [0.25, 0.3) is 0 Å². The van der Waals surface area contributed by atoms with E-state index >= 15 is 0 Å². The summed E-state index contributed by atoms with van der Waals surface area (Å²) in [5.74, 6) is 0.658. The Morgan fingerprint density at radius 3 is 2.68 bits per heavy atom. The summed E-state index contributed by atoms with van der Waals surface area (Å²) < 4.78 is 0. The summed E-state index contributed by atoms with van der Waals surface area (Å²) in [6.45, 7) is 3.63. The molecule has 1 aromatic carbocycles. The number of hydrogen-bond donors (Lipinski definition) is 2. The van der Waals surface area contributed by atoms with Gasteiger partial charge in [-0.25, -0.2) is 0 Å². The molecule has 3 N–H and O–H groups in total. The molecule has 0 saturated carbocycles. The SMILES string of the molecule is CCC1CN(C(=O)CNC(=O)CN)CCC1c1ccccc1. The van der Waals surface area contributed by atoms with E-state index in [9.17, 15) is 9.59 Å². The standard InChI is InChI=1S/C17H25N3O2/c1-2-13-12-20(17(22)11-19-16(21)10-18)9-8-15(13)14-6-4-3-5-7-14/h3-7,13,15H,2,8-12,18H2,1H3,(H,19,21). The maximum absolute atomic E-state index is 12.2. The molecule has 1 aliphatic rings. The van der Waals surface area contributed by atoms with Crippen molar-refractivity contribution in [2.45, 2.75) is 25.7 Å². The van der Waals surface area contributed by atoms with Crippen molar-refractivity contribution in [3.8, 4) is 0 Å². The van der Waals surface area contributed by atoms with Gasteiger partial charge in [0.25, 0.3) is 0 Å². The highest BCUT2D eigenvalue weighted by Crippen LogP contribution is 2.34. The molecule has 1 aliphatic heterocycles. The first-order valence-corrected chi connectivity index (χ1v) is 7.95. The normalized spacial score (nSPS) is 21.5. The summed E-state index contributed by atoms with van der Waals surface area (Å²) in [6.07, 6.45) is 2.01. The Bertz CT molecular complexity index is 504. The minimum atomic E-state index is -0.292. The van der Waals surface area contributed by atoms with Gasteiger partial charge in [0.05, 0.1) is 13.1 Å². The van der Waals surface area contributed by atoms with E-state index in [0.29, 0.717) is 11.8 Å². The van der Waals surface area contributed by atoms with Crippen LogP contribution in [0.15, 0.2) is 30.3 Å². The lowest BCUT2D eigenvalue weighted by Gasteiger charge is -2.38. The molecule has 2 unspecified atom stereocenters. The molecule has 2 amide bonds. The van der Waals surface area contributed by atoms with E-state index in [4.69, 9.17) is 5.73 Å². The zero-order valence-corrected chi connectivity index (χ0v) is 13.1. The molecule has 5 nitrogen and oxygen atoms in total. The first kappa shape index (κ1) is 16.5. The molecular weight excluding hydrogens is 278 g/mol. The smallest absolute Gasteiger partial charge is 0.241 e. The summed E-state index contributed by atoms with van der Waals surface area (Å²) in [5, 5.41) is 2.55. The van der Waals surface area contributed by atoms with Crippen LogP contribution in [0.1, 0.15) is 31.2 Å². The Morgan fingerprint density at radius 2 is 2.05 bits per heavy atom. The van der Waals surface area contributed by atoms with Crippen LogP contribution < -0.4 is 11.1 Å². The molecule has 1 fully saturated rings. The van der Waals surface area contributed by atoms with Crippen molar-refractivity contribution in [3.63, 3.8) is 0 Å². The molecule has 1 heterocycles. The summed E-state index contributed by atoms with van der Waals surface area (Å²) in [4.78, 5) is 25.2. The first-order valence-electron chi connectivity index (χ1n) is 7.95. The van der Waals surface area contributed by atoms with Gasteiger partial charge in [-0.1, -0.05) is 43.7 Å². The van der Waals surface area contributed by atoms with Crippen LogP contribution in [0.5, 0.6) is 0 Å². The molecule has 2 rings (SSSR count). The van der Waals surface area contributed by atoms with E-state index in [0.717, 1.165) is 25.9 Å². The number of hydrogen-bond acceptors (Lipinski definition) is 3. The Morgan fingerprint density at radius 1 is 1.32 bits per heavy atom. The highest BCUT2D eigenvalue weighted by molar-refractivity contribution is 5.85. The Labute approximate surface area is 131 Å². The van der Waals surface area contributed by atoms with Crippen LogP contribution in [0.2, 0.25) is 0 Å². The number of benzene rings is 1. The lowest BCUT2D eigenvalue weighted by Crippen LogP contribution is -2.47. The molecule has 120 valence electrons. The molecule has 0 aromatic heterocycles. The van der Waals surface area contributed by atoms with E-state index in [-0.39, 0.29) is 24.9 Å². The van der Waals surface area contributed by atoms with Crippen LogP contribution in [0.4, 0.5) is 0 Å². The number of rotatable bonds is 5. The second-order valence-corrected chi connectivity index (χ2v) is 5.79. The molecule has 0 spiro atoms. The van der Waals surface area contributed by atoms with Gasteiger partial charge in [-0.3, -0.25) is 9.59 Å². The fourth-order valence-corrected chi connectivity index (χ4v) is 3.17. The summed E-state index contributed by atoms with van der Waals surface area (Å²) >= 11 is 0. The monoisotopic (exact) mass is 303 g/mol. The summed E-state index contributed by atoms with van der Waals surface area (Å²) in [5.41, 5.74) is 6.59. The number of nitrogens with zero attached hydrogens (tertiary/aromatic N) is 1. The van der Waals surface area contributed by atoms with Crippen molar-refractivity contribution in [1.82, 2.24) is 10.2 Å². The number of nitrogens with one attached hydrogen (secondary N) is 1. The van der Waals surface area contributed by atoms with Crippen molar-refractivity contribution < 1.29 is 9.59 Å². The van der Waals surface area contributed by atoms with Crippen LogP contribution in [0.3, 0.4) is 0 Å². The molecule has 0 aliphatic carbocycles. The third-order valence-corrected chi connectivity index (χ3v) is 4.46. The largest absolute Gasteiger partial charge is 0.346 e. The summed E-state index contributed by atoms with van der Waals surface area (Å²) in [7, 11) is 0. The number of amides is 2. The molecule has 22 heavy (non-hydrogen) atoms. The number of nitrogens with two attached hydrogens (primary N) is 1. The maximum atomic E-state index is 12.2. The number of piperidine rings is 1. The highest BCUT2D eigenvalue weighted by Gasteiger charge is 2.31. The predicted octanol–water partition coefficient (Wildman–Crippen LogP) is 1.10. The van der Waals surface area contributed by atoms with Gasteiger partial charge in [-0.15, -0.1) is 0 Å². The van der Waals surface area contributed by atoms with Crippen molar-refractivity contribution in [1.29, 1.82) is 0 Å². The average molecular weight is 303 g/mol. The maximum Gasteiger partial charge on any atom is 0.241 e. The van der Waals surface area contributed by atoms with E-state index in [1.807, 2.05) is 11.0 Å². The number of likely N-dealkylation sites (tertiary alicyclic amines) is 1. The second kappa shape index (κ2) is 7.94. The van der Waals surface area contributed by atoms with Crippen LogP contribution in [-0.2, 0) is 9.59 Å². The molecule has 5 heteroatoms. The number of carbonyl (C=O) groups excluding carboxylic acids is 2.